The fraction of sp³-hybridized carbons (Fsp3) is 0.167. The summed E-state index contributed by atoms with van der Waals surface area (Å²) in [6, 6.07) is 5.21. The van der Waals surface area contributed by atoms with Crippen LogP contribution in [0.3, 0.4) is 0 Å². The van der Waals surface area contributed by atoms with Crippen molar-refractivity contribution in [2.45, 2.75) is 0 Å². The van der Waals surface area contributed by atoms with Crippen LogP contribution < -0.4 is 20.9 Å². The third kappa shape index (κ3) is 2.35. The third-order valence-electron chi connectivity index (χ3n) is 2.70. The zero-order chi connectivity index (χ0) is 14.9. The molecule has 0 unspecified atom stereocenters. The Kier molecular flexibility index (Phi) is 3.96. The monoisotopic (exact) mass is 311 g/mol. The molecular weight excluding hydrogens is 298 g/mol. The summed E-state index contributed by atoms with van der Waals surface area (Å²) >= 11 is 6.30. The lowest BCUT2D eigenvalue weighted by Gasteiger charge is -2.12. The second kappa shape index (κ2) is 5.51. The van der Waals surface area contributed by atoms with Crippen LogP contribution in [-0.4, -0.2) is 24.7 Å². The van der Waals surface area contributed by atoms with Crippen LogP contribution in [0.15, 0.2) is 18.2 Å². The Morgan fingerprint density at radius 1 is 1.35 bits per heavy atom. The van der Waals surface area contributed by atoms with E-state index >= 15 is 0 Å². The lowest BCUT2D eigenvalue weighted by atomic mass is 10.2. The highest BCUT2D eigenvalue weighted by Crippen LogP contribution is 2.33. The van der Waals surface area contributed by atoms with Crippen molar-refractivity contribution >= 4 is 35.3 Å². The number of anilines is 1. The summed E-state index contributed by atoms with van der Waals surface area (Å²) in [6.07, 6.45) is 0. The van der Waals surface area contributed by atoms with E-state index in [0.29, 0.717) is 21.1 Å². The molecular formula is C12H13N3O3S2. The van der Waals surface area contributed by atoms with Crippen molar-refractivity contribution in [1.82, 2.24) is 4.57 Å². The minimum atomic E-state index is -0.612. The second-order valence-electron chi connectivity index (χ2n) is 3.82. The second-order valence-corrected chi connectivity index (χ2v) is 5.46. The van der Waals surface area contributed by atoms with Crippen molar-refractivity contribution < 1.29 is 14.3 Å². The van der Waals surface area contributed by atoms with Crippen LogP contribution in [0.25, 0.3) is 5.69 Å². The van der Waals surface area contributed by atoms with Crippen LogP contribution in [0.4, 0.5) is 5.82 Å². The molecule has 0 aliphatic carbocycles. The number of nitrogens with two attached hydrogens (primary N) is 2. The molecule has 0 saturated carbocycles. The van der Waals surface area contributed by atoms with Crippen LogP contribution >= 0.6 is 23.6 Å². The first-order chi connectivity index (χ1) is 9.49. The highest BCUT2D eigenvalue weighted by molar-refractivity contribution is 7.73. The first kappa shape index (κ1) is 14.4. The number of hydrogen-bond donors (Lipinski definition) is 2. The molecule has 2 rings (SSSR count). The fourth-order valence-electron chi connectivity index (χ4n) is 1.76. The number of benzene rings is 1. The van der Waals surface area contributed by atoms with Gasteiger partial charge >= 0.3 is 0 Å². The average molecular weight is 311 g/mol. The van der Waals surface area contributed by atoms with Crippen molar-refractivity contribution in [3.05, 3.63) is 27.0 Å². The smallest absolute Gasteiger partial charge is 0.262 e. The number of hydrogen-bond acceptors (Lipinski definition) is 6. The molecule has 0 spiro atoms. The molecule has 1 amide bonds. The molecule has 0 aliphatic rings. The van der Waals surface area contributed by atoms with Crippen molar-refractivity contribution in [1.29, 1.82) is 0 Å². The minimum Gasteiger partial charge on any atom is -0.497 e. The maximum atomic E-state index is 11.3. The van der Waals surface area contributed by atoms with Crippen LogP contribution in [0.5, 0.6) is 11.5 Å². The first-order valence-corrected chi connectivity index (χ1v) is 6.75. The molecule has 0 saturated heterocycles. The lowest BCUT2D eigenvalue weighted by Crippen LogP contribution is -2.13. The summed E-state index contributed by atoms with van der Waals surface area (Å²) in [5.74, 6) is 0.759. The van der Waals surface area contributed by atoms with Gasteiger partial charge in [-0.25, -0.2) is 0 Å². The van der Waals surface area contributed by atoms with Gasteiger partial charge in [0.1, 0.15) is 22.2 Å². The van der Waals surface area contributed by atoms with Gasteiger partial charge in [0.05, 0.1) is 19.9 Å². The SMILES string of the molecule is COc1ccc(OC)c(-n2c(N)c(C(N)=O)sc2=S)c1. The lowest BCUT2D eigenvalue weighted by molar-refractivity contribution is 0.100. The predicted molar refractivity (Wildman–Crippen MR) is 80.5 cm³/mol. The third-order valence-corrected chi connectivity index (χ3v) is 4.10. The fourth-order valence-corrected chi connectivity index (χ4v) is 2.97. The number of methoxy groups -OCH3 is 2. The summed E-state index contributed by atoms with van der Waals surface area (Å²) in [4.78, 5) is 11.6. The maximum absolute atomic E-state index is 11.3. The van der Waals surface area contributed by atoms with E-state index in [1.165, 1.54) is 7.11 Å². The molecule has 106 valence electrons. The van der Waals surface area contributed by atoms with Gasteiger partial charge in [0.15, 0.2) is 3.95 Å². The molecule has 0 fully saturated rings. The number of nitrogens with zero attached hydrogens (tertiary/aromatic N) is 1. The average Bonchev–Trinajstić information content (AvgIpc) is 2.73. The largest absolute Gasteiger partial charge is 0.497 e. The minimum absolute atomic E-state index is 0.194. The maximum Gasteiger partial charge on any atom is 0.262 e. The Hall–Kier alpha value is -2.06. The van der Waals surface area contributed by atoms with Gasteiger partial charge in [-0.2, -0.15) is 0 Å². The number of rotatable bonds is 4. The Morgan fingerprint density at radius 3 is 2.55 bits per heavy atom. The summed E-state index contributed by atoms with van der Waals surface area (Å²) in [5, 5.41) is 0. The summed E-state index contributed by atoms with van der Waals surface area (Å²) in [5.41, 5.74) is 11.8. The molecule has 0 radical (unpaired) electrons. The van der Waals surface area contributed by atoms with E-state index in [2.05, 4.69) is 0 Å². The zero-order valence-electron chi connectivity index (χ0n) is 10.9. The van der Waals surface area contributed by atoms with Crippen molar-refractivity contribution in [3.8, 4) is 17.2 Å². The number of amides is 1. The summed E-state index contributed by atoms with van der Waals surface area (Å²) in [6.45, 7) is 0. The highest BCUT2D eigenvalue weighted by atomic mass is 32.1. The molecule has 4 N–H and O–H groups in total. The Bertz CT molecular complexity index is 721. The van der Waals surface area contributed by atoms with E-state index in [4.69, 9.17) is 33.2 Å². The molecule has 0 aliphatic heterocycles. The zero-order valence-corrected chi connectivity index (χ0v) is 12.5. The van der Waals surface area contributed by atoms with E-state index in [-0.39, 0.29) is 10.7 Å². The van der Waals surface area contributed by atoms with E-state index in [1.54, 1.807) is 29.9 Å². The number of primary amides is 1. The Morgan fingerprint density at radius 2 is 2.05 bits per heavy atom. The molecule has 1 aromatic heterocycles. The normalized spacial score (nSPS) is 10.3. The van der Waals surface area contributed by atoms with Crippen LogP contribution in [-0.2, 0) is 0 Å². The number of carbonyl (C=O) groups excluding carboxylic acids is 1. The van der Waals surface area contributed by atoms with Crippen molar-refractivity contribution in [2.24, 2.45) is 5.73 Å². The van der Waals surface area contributed by atoms with Crippen LogP contribution in [0, 0.1) is 3.95 Å². The number of thiazole rings is 1. The number of carbonyl (C=O) groups is 1. The quantitative estimate of drug-likeness (QED) is 0.842. The Labute approximate surface area is 124 Å². The summed E-state index contributed by atoms with van der Waals surface area (Å²) < 4.78 is 12.4. The molecule has 2 aromatic rings. The Balaban J connectivity index is 2.74. The standard InChI is InChI=1S/C12H13N3O3S2/c1-17-6-3-4-8(18-2)7(5-6)15-10(13)9(11(14)16)20-12(15)19/h3-5H,13H2,1-2H3,(H2,14,16). The van der Waals surface area contributed by atoms with Gasteiger partial charge in [-0.3, -0.25) is 9.36 Å². The topological polar surface area (TPSA) is 92.5 Å². The molecule has 8 heteroatoms. The predicted octanol–water partition coefficient (Wildman–Crippen LogP) is 1.97. The number of aromatic nitrogens is 1. The molecule has 0 bridgehead atoms. The molecule has 0 atom stereocenters. The van der Waals surface area contributed by atoms with Crippen LogP contribution in [0.1, 0.15) is 9.67 Å². The molecule has 1 aromatic carbocycles. The van der Waals surface area contributed by atoms with Gasteiger partial charge < -0.3 is 20.9 Å². The molecule has 1 heterocycles. The summed E-state index contributed by atoms with van der Waals surface area (Å²) in [7, 11) is 3.09. The van der Waals surface area contributed by atoms with E-state index in [0.717, 1.165) is 11.3 Å². The van der Waals surface area contributed by atoms with Crippen LogP contribution in [0.2, 0.25) is 0 Å². The highest BCUT2D eigenvalue weighted by Gasteiger charge is 2.18. The molecule has 20 heavy (non-hydrogen) atoms. The van der Waals surface area contributed by atoms with Crippen molar-refractivity contribution in [2.75, 3.05) is 20.0 Å². The molecule has 6 nitrogen and oxygen atoms in total. The van der Waals surface area contributed by atoms with Gasteiger partial charge in [0, 0.05) is 6.07 Å². The van der Waals surface area contributed by atoms with Gasteiger partial charge in [-0.1, -0.05) is 11.3 Å². The van der Waals surface area contributed by atoms with E-state index in [9.17, 15) is 4.79 Å². The first-order valence-electron chi connectivity index (χ1n) is 5.53. The van der Waals surface area contributed by atoms with Gasteiger partial charge in [0.2, 0.25) is 0 Å². The van der Waals surface area contributed by atoms with Gasteiger partial charge in [0.25, 0.3) is 5.91 Å². The van der Waals surface area contributed by atoms with Gasteiger partial charge in [-0.15, -0.1) is 0 Å². The number of nitrogen functional groups attached to an aromatic ring is 1. The van der Waals surface area contributed by atoms with E-state index in [1.807, 2.05) is 0 Å². The number of ether oxygens (including phenoxy) is 2. The van der Waals surface area contributed by atoms with Gasteiger partial charge in [-0.05, 0) is 24.4 Å². The van der Waals surface area contributed by atoms with Crippen molar-refractivity contribution in [3.63, 3.8) is 0 Å². The van der Waals surface area contributed by atoms with E-state index < -0.39 is 5.91 Å².